The second-order valence-corrected chi connectivity index (χ2v) is 6.40. The summed E-state index contributed by atoms with van der Waals surface area (Å²) >= 11 is 0. The summed E-state index contributed by atoms with van der Waals surface area (Å²) in [6.07, 6.45) is 0.215. The van der Waals surface area contributed by atoms with E-state index in [1.165, 1.54) is 5.56 Å². The maximum Gasteiger partial charge on any atom is 0.260 e. The van der Waals surface area contributed by atoms with Crippen LogP contribution in [0.3, 0.4) is 0 Å². The molecule has 3 N–H and O–H groups in total. The lowest BCUT2D eigenvalue weighted by Crippen LogP contribution is -2.37. The predicted octanol–water partition coefficient (Wildman–Crippen LogP) is 2.13. The van der Waals surface area contributed by atoms with E-state index in [1.807, 2.05) is 24.3 Å². The Hall–Kier alpha value is -2.04. The molecular formula is C17H26N2O3. The number of carbonyl (C=O) groups is 2. The third-order valence-corrected chi connectivity index (χ3v) is 3.30. The van der Waals surface area contributed by atoms with Crippen LogP contribution in [0.1, 0.15) is 46.1 Å². The molecule has 1 atom stereocenters. The minimum absolute atomic E-state index is 0.0853. The number of primary amides is 1. The van der Waals surface area contributed by atoms with Gasteiger partial charge in [0.2, 0.25) is 5.91 Å². The topological polar surface area (TPSA) is 81.4 Å². The quantitative estimate of drug-likeness (QED) is 0.757. The van der Waals surface area contributed by atoms with Crippen LogP contribution >= 0.6 is 0 Å². The van der Waals surface area contributed by atoms with Crippen molar-refractivity contribution in [3.05, 3.63) is 29.8 Å². The van der Waals surface area contributed by atoms with Gasteiger partial charge < -0.3 is 15.8 Å². The molecule has 0 aliphatic carbocycles. The third-order valence-electron chi connectivity index (χ3n) is 3.30. The zero-order valence-corrected chi connectivity index (χ0v) is 13.8. The molecule has 1 aromatic carbocycles. The Morgan fingerprint density at radius 2 is 1.82 bits per heavy atom. The molecule has 0 saturated carbocycles. The number of ether oxygens (including phenoxy) is 1. The molecular weight excluding hydrogens is 280 g/mol. The molecule has 0 spiro atoms. The fourth-order valence-electron chi connectivity index (χ4n) is 1.91. The van der Waals surface area contributed by atoms with Gasteiger partial charge >= 0.3 is 0 Å². The predicted molar refractivity (Wildman–Crippen MR) is 86.7 cm³/mol. The van der Waals surface area contributed by atoms with Gasteiger partial charge in [-0.25, -0.2) is 0 Å². The molecule has 0 bridgehead atoms. The molecule has 5 heteroatoms. The molecule has 0 unspecified atom stereocenters. The van der Waals surface area contributed by atoms with E-state index in [0.29, 0.717) is 18.7 Å². The van der Waals surface area contributed by atoms with E-state index in [2.05, 4.69) is 26.1 Å². The monoisotopic (exact) mass is 306 g/mol. The van der Waals surface area contributed by atoms with Crippen molar-refractivity contribution in [1.29, 1.82) is 0 Å². The first-order valence-electron chi connectivity index (χ1n) is 7.53. The molecule has 0 fully saturated rings. The molecule has 1 aromatic rings. The summed E-state index contributed by atoms with van der Waals surface area (Å²) in [4.78, 5) is 22.5. The van der Waals surface area contributed by atoms with Crippen LogP contribution in [0, 0.1) is 0 Å². The van der Waals surface area contributed by atoms with Crippen LogP contribution in [0.25, 0.3) is 0 Å². The Labute approximate surface area is 132 Å². The van der Waals surface area contributed by atoms with Crippen molar-refractivity contribution < 1.29 is 14.3 Å². The molecule has 5 nitrogen and oxygen atoms in total. The van der Waals surface area contributed by atoms with Gasteiger partial charge in [-0.1, -0.05) is 32.9 Å². The van der Waals surface area contributed by atoms with E-state index >= 15 is 0 Å². The first-order valence-corrected chi connectivity index (χ1v) is 7.53. The Balaban J connectivity index is 2.45. The molecule has 122 valence electrons. The maximum atomic E-state index is 11.9. The molecule has 0 aromatic heterocycles. The molecule has 0 saturated heterocycles. The van der Waals surface area contributed by atoms with Crippen molar-refractivity contribution in [1.82, 2.24) is 5.32 Å². The lowest BCUT2D eigenvalue weighted by Gasteiger charge is -2.20. The lowest BCUT2D eigenvalue weighted by atomic mass is 9.87. The van der Waals surface area contributed by atoms with E-state index in [1.54, 1.807) is 6.92 Å². The first kappa shape index (κ1) is 18.0. The van der Waals surface area contributed by atoms with Gasteiger partial charge in [-0.2, -0.15) is 0 Å². The smallest absolute Gasteiger partial charge is 0.260 e. The van der Waals surface area contributed by atoms with Gasteiger partial charge in [0.15, 0.2) is 6.10 Å². The van der Waals surface area contributed by atoms with Gasteiger partial charge in [-0.3, -0.25) is 9.59 Å². The number of benzene rings is 1. The van der Waals surface area contributed by atoms with E-state index in [0.717, 1.165) is 0 Å². The minimum atomic E-state index is -0.589. The van der Waals surface area contributed by atoms with E-state index in [4.69, 9.17) is 10.5 Å². The molecule has 0 radical (unpaired) electrons. The fraction of sp³-hybridized carbons (Fsp3) is 0.529. The number of nitrogens with one attached hydrogen (secondary N) is 1. The summed E-state index contributed by atoms with van der Waals surface area (Å²) in [6, 6.07) is 7.76. The Morgan fingerprint density at radius 1 is 1.23 bits per heavy atom. The van der Waals surface area contributed by atoms with Crippen LogP contribution in [0.2, 0.25) is 0 Å². The highest BCUT2D eigenvalue weighted by molar-refractivity contribution is 5.80. The van der Waals surface area contributed by atoms with Gasteiger partial charge in [0.25, 0.3) is 5.91 Å². The van der Waals surface area contributed by atoms with E-state index in [-0.39, 0.29) is 23.7 Å². The van der Waals surface area contributed by atoms with Crippen molar-refractivity contribution in [2.45, 2.75) is 52.1 Å². The minimum Gasteiger partial charge on any atom is -0.481 e. The summed E-state index contributed by atoms with van der Waals surface area (Å²) in [7, 11) is 0. The highest BCUT2D eigenvalue weighted by Gasteiger charge is 2.16. The van der Waals surface area contributed by atoms with Crippen molar-refractivity contribution >= 4 is 11.8 Å². The molecule has 0 aliphatic rings. The molecule has 22 heavy (non-hydrogen) atoms. The van der Waals surface area contributed by atoms with Crippen LogP contribution in [0.4, 0.5) is 0 Å². The number of carbonyl (C=O) groups excluding carboxylic acids is 2. The van der Waals surface area contributed by atoms with Crippen molar-refractivity contribution in [3.8, 4) is 5.75 Å². The maximum absolute atomic E-state index is 11.9. The average molecular weight is 306 g/mol. The number of hydrogen-bond donors (Lipinski definition) is 2. The van der Waals surface area contributed by atoms with Gasteiger partial charge in [0, 0.05) is 13.0 Å². The van der Waals surface area contributed by atoms with Crippen LogP contribution in [0.15, 0.2) is 24.3 Å². The van der Waals surface area contributed by atoms with Crippen LogP contribution in [-0.2, 0) is 15.0 Å². The van der Waals surface area contributed by atoms with Crippen LogP contribution < -0.4 is 15.8 Å². The number of nitrogens with two attached hydrogens (primary N) is 1. The Morgan fingerprint density at radius 3 is 2.32 bits per heavy atom. The molecule has 0 heterocycles. The summed E-state index contributed by atoms with van der Waals surface area (Å²) in [5.41, 5.74) is 6.33. The normalized spacial score (nSPS) is 12.5. The standard InChI is InChI=1S/C17H26N2O3/c1-12(16(21)19-11-5-6-15(18)20)22-14-9-7-13(8-10-14)17(2,3)4/h7-10,12H,5-6,11H2,1-4H3,(H2,18,20)(H,19,21)/t12-/m0/s1. The van der Waals surface area contributed by atoms with Gasteiger partial charge in [0.1, 0.15) is 5.75 Å². The fourth-order valence-corrected chi connectivity index (χ4v) is 1.91. The number of rotatable bonds is 7. The molecule has 2 amide bonds. The Kier molecular flexibility index (Phi) is 6.40. The van der Waals surface area contributed by atoms with Gasteiger partial charge in [-0.05, 0) is 36.5 Å². The molecule has 0 aliphatic heterocycles. The highest BCUT2D eigenvalue weighted by atomic mass is 16.5. The van der Waals surface area contributed by atoms with E-state index in [9.17, 15) is 9.59 Å². The van der Waals surface area contributed by atoms with Crippen LogP contribution in [-0.4, -0.2) is 24.5 Å². The third kappa shape index (κ3) is 6.16. The van der Waals surface area contributed by atoms with Crippen LogP contribution in [0.5, 0.6) is 5.75 Å². The summed E-state index contributed by atoms with van der Waals surface area (Å²) in [5.74, 6) is 0.0923. The second kappa shape index (κ2) is 7.82. The van der Waals surface area contributed by atoms with E-state index < -0.39 is 6.10 Å². The largest absolute Gasteiger partial charge is 0.481 e. The van der Waals surface area contributed by atoms with Crippen molar-refractivity contribution in [2.24, 2.45) is 5.73 Å². The van der Waals surface area contributed by atoms with Crippen molar-refractivity contribution in [2.75, 3.05) is 6.54 Å². The molecule has 1 rings (SSSR count). The van der Waals surface area contributed by atoms with Gasteiger partial charge in [0.05, 0.1) is 0 Å². The lowest BCUT2D eigenvalue weighted by molar-refractivity contribution is -0.127. The summed E-state index contributed by atoms with van der Waals surface area (Å²) < 4.78 is 5.62. The second-order valence-electron chi connectivity index (χ2n) is 6.40. The Bertz CT molecular complexity index is 504. The van der Waals surface area contributed by atoms with Gasteiger partial charge in [-0.15, -0.1) is 0 Å². The highest BCUT2D eigenvalue weighted by Crippen LogP contribution is 2.24. The van der Waals surface area contributed by atoms with Crippen molar-refractivity contribution in [3.63, 3.8) is 0 Å². The number of amides is 2. The zero-order chi connectivity index (χ0) is 16.8. The average Bonchev–Trinajstić information content (AvgIpc) is 2.42. The number of hydrogen-bond acceptors (Lipinski definition) is 3. The SMILES string of the molecule is C[C@H](Oc1ccc(C(C)(C)C)cc1)C(=O)NCCCC(N)=O. The first-order chi connectivity index (χ1) is 10.2. The zero-order valence-electron chi connectivity index (χ0n) is 13.8. The summed E-state index contributed by atoms with van der Waals surface area (Å²) in [5, 5.41) is 2.72. The summed E-state index contributed by atoms with van der Waals surface area (Å²) in [6.45, 7) is 8.54.